The molecule has 33 heavy (non-hydrogen) atoms. The fourth-order valence-corrected chi connectivity index (χ4v) is 3.78. The molecule has 0 spiro atoms. The lowest BCUT2D eigenvalue weighted by Gasteiger charge is -2.12. The summed E-state index contributed by atoms with van der Waals surface area (Å²) in [6.45, 7) is 0.619. The van der Waals surface area contributed by atoms with E-state index in [-0.39, 0.29) is 34.3 Å². The molecule has 0 bridgehead atoms. The summed E-state index contributed by atoms with van der Waals surface area (Å²) in [4.78, 5) is 26.6. The monoisotopic (exact) mass is 472 g/mol. The molecule has 0 saturated carbocycles. The third-order valence-corrected chi connectivity index (χ3v) is 5.66. The van der Waals surface area contributed by atoms with E-state index in [4.69, 9.17) is 9.47 Å². The molecule has 0 atom stereocenters. The molecule has 2 aromatic carbocycles. The molecule has 1 aromatic heterocycles. The average Bonchev–Trinajstić information content (AvgIpc) is 2.80. The summed E-state index contributed by atoms with van der Waals surface area (Å²) in [5.41, 5.74) is 0.475. The third-order valence-electron chi connectivity index (χ3n) is 4.28. The summed E-state index contributed by atoms with van der Waals surface area (Å²) in [5.74, 6) is -0.211. The maximum Gasteiger partial charge on any atom is 0.270 e. The zero-order valence-corrected chi connectivity index (χ0v) is 18.2. The predicted octanol–water partition coefficient (Wildman–Crippen LogP) is 3.07. The molecule has 0 unspecified atom stereocenters. The lowest BCUT2D eigenvalue weighted by molar-refractivity contribution is -0.385. The average molecular weight is 472 g/mol. The smallest absolute Gasteiger partial charge is 0.270 e. The highest BCUT2D eigenvalue weighted by atomic mass is 32.2. The Morgan fingerprint density at radius 2 is 1.85 bits per heavy atom. The zero-order valence-electron chi connectivity index (χ0n) is 17.4. The van der Waals surface area contributed by atoms with Crippen LogP contribution >= 0.6 is 0 Å². The number of methoxy groups -OCH3 is 1. The normalized spacial score (nSPS) is 10.9. The first-order chi connectivity index (χ1) is 15.8. The molecular formula is C21H20N4O7S. The van der Waals surface area contributed by atoms with Crippen molar-refractivity contribution in [2.75, 3.05) is 30.4 Å². The maximum absolute atomic E-state index is 12.6. The molecule has 0 saturated heterocycles. The van der Waals surface area contributed by atoms with E-state index >= 15 is 0 Å². The van der Waals surface area contributed by atoms with E-state index < -0.39 is 20.9 Å². The van der Waals surface area contributed by atoms with Crippen molar-refractivity contribution in [3.63, 3.8) is 0 Å². The number of hydrogen-bond donors (Lipinski definition) is 2. The van der Waals surface area contributed by atoms with Crippen LogP contribution in [-0.2, 0) is 14.8 Å². The van der Waals surface area contributed by atoms with Crippen molar-refractivity contribution in [1.29, 1.82) is 0 Å². The molecule has 0 aliphatic rings. The Hall–Kier alpha value is -4.03. The molecule has 12 heteroatoms. The fourth-order valence-electron chi connectivity index (χ4n) is 2.69. The van der Waals surface area contributed by atoms with E-state index in [0.717, 1.165) is 6.07 Å². The molecular weight excluding hydrogens is 452 g/mol. The molecule has 0 aliphatic carbocycles. The number of nitrogens with one attached hydrogen (secondary N) is 2. The molecule has 2 N–H and O–H groups in total. The molecule has 1 heterocycles. The summed E-state index contributed by atoms with van der Waals surface area (Å²) in [6.07, 6.45) is 1.53. The summed E-state index contributed by atoms with van der Waals surface area (Å²) in [6, 6.07) is 13.6. The van der Waals surface area contributed by atoms with Gasteiger partial charge in [-0.3, -0.25) is 19.6 Å². The Morgan fingerprint density at radius 3 is 2.55 bits per heavy atom. The largest absolute Gasteiger partial charge is 0.474 e. The minimum Gasteiger partial charge on any atom is -0.474 e. The van der Waals surface area contributed by atoms with E-state index in [1.807, 2.05) is 0 Å². The first-order valence-electron chi connectivity index (χ1n) is 9.55. The quantitative estimate of drug-likeness (QED) is 0.260. The number of hydrogen-bond acceptors (Lipinski definition) is 8. The van der Waals surface area contributed by atoms with Crippen molar-refractivity contribution < 1.29 is 27.6 Å². The molecule has 0 aliphatic heterocycles. The highest BCUT2D eigenvalue weighted by Gasteiger charge is 2.18. The van der Waals surface area contributed by atoms with Crippen molar-refractivity contribution in [3.05, 3.63) is 82.5 Å². The number of carbonyl (C=O) groups is 1. The number of aromatic nitrogens is 1. The number of anilines is 2. The van der Waals surface area contributed by atoms with E-state index in [1.165, 1.54) is 55.8 Å². The van der Waals surface area contributed by atoms with Crippen LogP contribution in [0.1, 0.15) is 10.4 Å². The van der Waals surface area contributed by atoms with Crippen molar-refractivity contribution in [2.45, 2.75) is 4.90 Å². The third kappa shape index (κ3) is 6.24. The van der Waals surface area contributed by atoms with Crippen LogP contribution in [0.2, 0.25) is 0 Å². The summed E-state index contributed by atoms with van der Waals surface area (Å²) in [7, 11) is -2.52. The van der Waals surface area contributed by atoms with Gasteiger partial charge >= 0.3 is 0 Å². The number of pyridine rings is 1. The number of benzene rings is 2. The van der Waals surface area contributed by atoms with Gasteiger partial charge in [0.25, 0.3) is 21.6 Å². The van der Waals surface area contributed by atoms with Gasteiger partial charge in [-0.1, -0.05) is 6.07 Å². The Morgan fingerprint density at radius 1 is 1.09 bits per heavy atom. The summed E-state index contributed by atoms with van der Waals surface area (Å²) in [5, 5.41) is 13.6. The highest BCUT2D eigenvalue weighted by molar-refractivity contribution is 7.92. The van der Waals surface area contributed by atoms with Gasteiger partial charge in [-0.2, -0.15) is 0 Å². The van der Waals surface area contributed by atoms with Crippen LogP contribution in [0.4, 0.5) is 17.1 Å². The van der Waals surface area contributed by atoms with Crippen LogP contribution in [-0.4, -0.2) is 44.6 Å². The van der Waals surface area contributed by atoms with Crippen molar-refractivity contribution >= 4 is 33.0 Å². The maximum atomic E-state index is 12.6. The first-order valence-corrected chi connectivity index (χ1v) is 11.0. The van der Waals surface area contributed by atoms with Gasteiger partial charge in [-0.25, -0.2) is 13.4 Å². The zero-order chi connectivity index (χ0) is 23.8. The Bertz CT molecular complexity index is 1250. The number of nitro benzene ring substituents is 1. The fraction of sp³-hybridized carbons (Fsp3) is 0.143. The van der Waals surface area contributed by atoms with Gasteiger partial charge in [0.05, 0.1) is 16.4 Å². The van der Waals surface area contributed by atoms with Crippen LogP contribution in [0.25, 0.3) is 0 Å². The van der Waals surface area contributed by atoms with Crippen LogP contribution in [0, 0.1) is 10.1 Å². The van der Waals surface area contributed by atoms with Crippen molar-refractivity contribution in [3.8, 4) is 5.88 Å². The lowest BCUT2D eigenvalue weighted by Crippen LogP contribution is -2.15. The minimum atomic E-state index is -4.06. The van der Waals surface area contributed by atoms with Gasteiger partial charge in [0.2, 0.25) is 5.88 Å². The number of nitrogens with zero attached hydrogens (tertiary/aromatic N) is 2. The van der Waals surface area contributed by atoms with Gasteiger partial charge in [-0.15, -0.1) is 0 Å². The van der Waals surface area contributed by atoms with Crippen LogP contribution in [0.15, 0.2) is 71.8 Å². The van der Waals surface area contributed by atoms with Crippen molar-refractivity contribution in [1.82, 2.24) is 4.98 Å². The van der Waals surface area contributed by atoms with Crippen LogP contribution in [0.3, 0.4) is 0 Å². The van der Waals surface area contributed by atoms with Crippen LogP contribution in [0.5, 0.6) is 5.88 Å². The minimum absolute atomic E-state index is 0.183. The number of sulfonamides is 1. The molecule has 11 nitrogen and oxygen atoms in total. The first kappa shape index (κ1) is 23.6. The molecule has 0 radical (unpaired) electrons. The second-order valence-electron chi connectivity index (χ2n) is 6.59. The number of rotatable bonds is 10. The van der Waals surface area contributed by atoms with Gasteiger partial charge in [0.1, 0.15) is 12.3 Å². The highest BCUT2D eigenvalue weighted by Crippen LogP contribution is 2.23. The predicted molar refractivity (Wildman–Crippen MR) is 120 cm³/mol. The van der Waals surface area contributed by atoms with Gasteiger partial charge in [0, 0.05) is 36.7 Å². The number of ether oxygens (including phenoxy) is 2. The Labute approximate surface area is 189 Å². The van der Waals surface area contributed by atoms with E-state index in [9.17, 15) is 23.3 Å². The van der Waals surface area contributed by atoms with Gasteiger partial charge < -0.3 is 14.8 Å². The molecule has 1 amide bonds. The number of nitro groups is 1. The lowest BCUT2D eigenvalue weighted by atomic mass is 10.2. The van der Waals surface area contributed by atoms with E-state index in [1.54, 1.807) is 12.1 Å². The Kier molecular flexibility index (Phi) is 7.53. The van der Waals surface area contributed by atoms with E-state index in [2.05, 4.69) is 15.0 Å². The summed E-state index contributed by atoms with van der Waals surface area (Å²) >= 11 is 0. The Balaban J connectivity index is 1.70. The number of non-ortho nitro benzene ring substituents is 1. The standard InChI is InChI=1S/C21H20N4O7S/c1-31-12-13-32-21-19(6-3-11-22-21)23-20(26)15-7-9-16(10-8-15)24-33(29,30)18-5-2-4-17(14-18)25(27)28/h2-11,14,24H,12-13H2,1H3,(H,23,26). The van der Waals surface area contributed by atoms with Gasteiger partial charge in [0.15, 0.2) is 0 Å². The number of carbonyl (C=O) groups excluding carboxylic acids is 1. The molecule has 172 valence electrons. The second kappa shape index (κ2) is 10.5. The summed E-state index contributed by atoms with van der Waals surface area (Å²) < 4.78 is 37.8. The van der Waals surface area contributed by atoms with E-state index in [0.29, 0.717) is 12.3 Å². The molecule has 3 aromatic rings. The SMILES string of the molecule is COCCOc1ncccc1NC(=O)c1ccc(NS(=O)(=O)c2cccc([N+](=O)[O-])c2)cc1. The van der Waals surface area contributed by atoms with Crippen molar-refractivity contribution in [2.24, 2.45) is 0 Å². The number of amides is 1. The topological polar surface area (TPSA) is 150 Å². The second-order valence-corrected chi connectivity index (χ2v) is 8.27. The molecule has 3 rings (SSSR count). The molecule has 0 fully saturated rings. The van der Waals surface area contributed by atoms with Gasteiger partial charge in [-0.05, 0) is 42.5 Å². The van der Waals surface area contributed by atoms with Crippen LogP contribution < -0.4 is 14.8 Å².